The number of hydrogen-bond acceptors (Lipinski definition) is 3. The lowest BCUT2D eigenvalue weighted by molar-refractivity contribution is -0.143. The van der Waals surface area contributed by atoms with Gasteiger partial charge in [-0.15, -0.1) is 0 Å². The smallest absolute Gasteiger partial charge is 0.306 e. The Labute approximate surface area is 173 Å². The van der Waals surface area contributed by atoms with Crippen LogP contribution in [0.3, 0.4) is 0 Å². The molecule has 3 aliphatic rings. The summed E-state index contributed by atoms with van der Waals surface area (Å²) in [5.41, 5.74) is 1.25. The van der Waals surface area contributed by atoms with Gasteiger partial charge in [0.15, 0.2) is 0 Å². The first kappa shape index (κ1) is 20.2. The largest absolute Gasteiger partial charge is 0.490 e. The van der Waals surface area contributed by atoms with Gasteiger partial charge in [0, 0.05) is 18.2 Å². The molecule has 158 valence electrons. The number of ether oxygens (including phenoxy) is 1. The predicted octanol–water partition coefficient (Wildman–Crippen LogP) is 4.75. The first-order valence-electron chi connectivity index (χ1n) is 10.9. The molecule has 1 aromatic carbocycles. The van der Waals surface area contributed by atoms with Gasteiger partial charge >= 0.3 is 5.97 Å². The van der Waals surface area contributed by atoms with Crippen LogP contribution in [0.15, 0.2) is 24.3 Å². The van der Waals surface area contributed by atoms with Crippen molar-refractivity contribution in [3.05, 3.63) is 29.8 Å². The van der Waals surface area contributed by atoms with Gasteiger partial charge in [0.25, 0.3) is 5.91 Å². The van der Waals surface area contributed by atoms with Crippen molar-refractivity contribution in [2.24, 2.45) is 16.7 Å². The van der Waals surface area contributed by atoms with Crippen molar-refractivity contribution >= 4 is 11.9 Å². The summed E-state index contributed by atoms with van der Waals surface area (Å²) in [7, 11) is 0. The molecule has 2 unspecified atom stereocenters. The Morgan fingerprint density at radius 1 is 1.03 bits per heavy atom. The third-order valence-electron chi connectivity index (χ3n) is 7.10. The Hall–Kier alpha value is -2.04. The minimum atomic E-state index is -0.699. The van der Waals surface area contributed by atoms with E-state index in [1.807, 2.05) is 24.3 Å². The molecule has 1 amide bonds. The van der Waals surface area contributed by atoms with E-state index in [0.717, 1.165) is 43.5 Å². The molecule has 0 aromatic heterocycles. The number of carboxylic acid groups (broad SMARTS) is 1. The molecule has 1 N–H and O–H groups in total. The highest BCUT2D eigenvalue weighted by Crippen LogP contribution is 2.52. The summed E-state index contributed by atoms with van der Waals surface area (Å²) in [6, 6.07) is 7.85. The van der Waals surface area contributed by atoms with Crippen molar-refractivity contribution in [2.45, 2.75) is 77.9 Å². The van der Waals surface area contributed by atoms with Crippen LogP contribution in [0.5, 0.6) is 5.75 Å². The van der Waals surface area contributed by atoms with Crippen LogP contribution in [-0.2, 0) is 4.79 Å². The molecule has 5 nitrogen and oxygen atoms in total. The SMILES string of the molecule is CC1(C)CC2CC(C)(CN2C(=O)c2ccc(O[C@H]3CC[C@H](C(=O)O)CC3)cc2)C1. The molecule has 1 heterocycles. The molecular formula is C24H33NO4. The summed E-state index contributed by atoms with van der Waals surface area (Å²) in [6.45, 7) is 7.82. The van der Waals surface area contributed by atoms with E-state index in [9.17, 15) is 9.59 Å². The lowest BCUT2D eigenvalue weighted by atomic mass is 9.65. The summed E-state index contributed by atoms with van der Waals surface area (Å²) in [6.07, 6.45) is 6.30. The number of aliphatic carboxylic acids is 1. The molecule has 1 saturated heterocycles. The van der Waals surface area contributed by atoms with Gasteiger partial charge in [-0.2, -0.15) is 0 Å². The Balaban J connectivity index is 1.37. The van der Waals surface area contributed by atoms with E-state index in [4.69, 9.17) is 9.84 Å². The topological polar surface area (TPSA) is 66.8 Å². The number of carbonyl (C=O) groups is 2. The van der Waals surface area contributed by atoms with E-state index >= 15 is 0 Å². The van der Waals surface area contributed by atoms with Gasteiger partial charge in [-0.25, -0.2) is 0 Å². The Morgan fingerprint density at radius 3 is 2.31 bits per heavy atom. The number of benzene rings is 1. The molecule has 0 radical (unpaired) electrons. The quantitative estimate of drug-likeness (QED) is 0.793. The predicted molar refractivity (Wildman–Crippen MR) is 111 cm³/mol. The zero-order valence-electron chi connectivity index (χ0n) is 17.8. The van der Waals surface area contributed by atoms with Crippen LogP contribution in [0, 0.1) is 16.7 Å². The zero-order chi connectivity index (χ0) is 20.8. The van der Waals surface area contributed by atoms with Gasteiger partial charge < -0.3 is 14.7 Å². The van der Waals surface area contributed by atoms with Crippen LogP contribution >= 0.6 is 0 Å². The molecule has 4 rings (SSSR count). The minimum absolute atomic E-state index is 0.0622. The summed E-state index contributed by atoms with van der Waals surface area (Å²) < 4.78 is 6.04. The Bertz CT molecular complexity index is 779. The van der Waals surface area contributed by atoms with Gasteiger partial charge in [-0.05, 0) is 80.0 Å². The maximum atomic E-state index is 13.2. The Morgan fingerprint density at radius 2 is 1.69 bits per heavy atom. The summed E-state index contributed by atoms with van der Waals surface area (Å²) in [5, 5.41) is 9.11. The fourth-order valence-electron chi connectivity index (χ4n) is 6.16. The standard InChI is InChI=1S/C24H33NO4/c1-23(2)12-18-13-24(3,14-23)15-25(18)21(26)16-4-8-19(9-5-16)29-20-10-6-17(7-11-20)22(27)28/h4-5,8-9,17-18,20H,6-7,10-15H2,1-3H3,(H,27,28)/t17-,18?,20-,24?. The maximum Gasteiger partial charge on any atom is 0.306 e. The van der Waals surface area contributed by atoms with Crippen LogP contribution in [0.1, 0.15) is 76.1 Å². The van der Waals surface area contributed by atoms with Crippen molar-refractivity contribution in [3.8, 4) is 5.75 Å². The number of rotatable bonds is 4. The molecule has 1 aliphatic heterocycles. The fraction of sp³-hybridized carbons (Fsp3) is 0.667. The monoisotopic (exact) mass is 399 g/mol. The lowest BCUT2D eigenvalue weighted by Crippen LogP contribution is -2.37. The molecule has 2 atom stereocenters. The van der Waals surface area contributed by atoms with Gasteiger partial charge in [-0.1, -0.05) is 20.8 Å². The van der Waals surface area contributed by atoms with Crippen molar-refractivity contribution in [1.29, 1.82) is 0 Å². The number of fused-ring (bicyclic) bond motifs is 2. The molecule has 5 heteroatoms. The number of likely N-dealkylation sites (tertiary alicyclic amines) is 1. The van der Waals surface area contributed by atoms with Crippen molar-refractivity contribution in [3.63, 3.8) is 0 Å². The van der Waals surface area contributed by atoms with E-state index in [-0.39, 0.29) is 23.3 Å². The van der Waals surface area contributed by atoms with Crippen molar-refractivity contribution in [2.75, 3.05) is 6.54 Å². The van der Waals surface area contributed by atoms with Gasteiger partial charge in [0.2, 0.25) is 0 Å². The van der Waals surface area contributed by atoms with Crippen LogP contribution in [0.2, 0.25) is 0 Å². The average molecular weight is 400 g/mol. The number of amides is 1. The molecule has 29 heavy (non-hydrogen) atoms. The molecule has 2 bridgehead atoms. The number of nitrogens with zero attached hydrogens (tertiary/aromatic N) is 1. The van der Waals surface area contributed by atoms with Crippen LogP contribution < -0.4 is 4.74 Å². The third-order valence-corrected chi connectivity index (χ3v) is 7.10. The zero-order valence-corrected chi connectivity index (χ0v) is 17.8. The van der Waals surface area contributed by atoms with Crippen LogP contribution in [0.25, 0.3) is 0 Å². The summed E-state index contributed by atoms with van der Waals surface area (Å²) >= 11 is 0. The molecule has 2 saturated carbocycles. The second-order valence-corrected chi connectivity index (χ2v) is 10.6. The highest BCUT2D eigenvalue weighted by atomic mass is 16.5. The highest BCUT2D eigenvalue weighted by molar-refractivity contribution is 5.94. The first-order valence-corrected chi connectivity index (χ1v) is 10.9. The van der Waals surface area contributed by atoms with Crippen molar-refractivity contribution in [1.82, 2.24) is 4.90 Å². The van der Waals surface area contributed by atoms with E-state index in [2.05, 4.69) is 25.7 Å². The number of hydrogen-bond donors (Lipinski definition) is 1. The fourth-order valence-corrected chi connectivity index (χ4v) is 6.16. The highest BCUT2D eigenvalue weighted by Gasteiger charge is 2.51. The lowest BCUT2D eigenvalue weighted by Gasteiger charge is -2.39. The van der Waals surface area contributed by atoms with E-state index in [0.29, 0.717) is 24.3 Å². The second-order valence-electron chi connectivity index (χ2n) is 10.6. The first-order chi connectivity index (χ1) is 13.6. The van der Waals surface area contributed by atoms with E-state index in [1.54, 1.807) is 0 Å². The molecule has 1 aromatic rings. The molecule has 2 aliphatic carbocycles. The summed E-state index contributed by atoms with van der Waals surface area (Å²) in [4.78, 5) is 26.3. The van der Waals surface area contributed by atoms with Crippen molar-refractivity contribution < 1.29 is 19.4 Å². The molecular weight excluding hydrogens is 366 g/mol. The van der Waals surface area contributed by atoms with Crippen LogP contribution in [0.4, 0.5) is 0 Å². The summed E-state index contributed by atoms with van der Waals surface area (Å²) in [5.74, 6) is -0.0462. The molecule has 0 spiro atoms. The van der Waals surface area contributed by atoms with Crippen LogP contribution in [-0.4, -0.2) is 40.6 Å². The maximum absolute atomic E-state index is 13.2. The molecule has 3 fully saturated rings. The second kappa shape index (κ2) is 7.33. The van der Waals surface area contributed by atoms with Gasteiger partial charge in [0.05, 0.1) is 12.0 Å². The normalized spacial score (nSPS) is 33.3. The number of carboxylic acids is 1. The van der Waals surface area contributed by atoms with E-state index < -0.39 is 5.97 Å². The average Bonchev–Trinajstić information content (AvgIpc) is 2.91. The third kappa shape index (κ3) is 4.29. The van der Waals surface area contributed by atoms with E-state index in [1.165, 1.54) is 6.42 Å². The Kier molecular flexibility index (Phi) is 5.12. The minimum Gasteiger partial charge on any atom is -0.490 e. The van der Waals surface area contributed by atoms with Gasteiger partial charge in [0.1, 0.15) is 5.75 Å². The number of carbonyl (C=O) groups excluding carboxylic acids is 1. The van der Waals surface area contributed by atoms with Gasteiger partial charge in [-0.3, -0.25) is 9.59 Å².